The normalized spacial score (nSPS) is 10.6. The van der Waals surface area contributed by atoms with E-state index in [-0.39, 0.29) is 22.9 Å². The highest BCUT2D eigenvalue weighted by Gasteiger charge is 2.20. The van der Waals surface area contributed by atoms with E-state index in [1.54, 1.807) is 0 Å². The Balaban J connectivity index is 0.00000243. The lowest BCUT2D eigenvalue weighted by Gasteiger charge is -2.03. The van der Waals surface area contributed by atoms with Crippen molar-refractivity contribution < 1.29 is 26.3 Å². The predicted octanol–water partition coefficient (Wildman–Crippen LogP) is -0.391. The highest BCUT2D eigenvalue weighted by atomic mass is 79.9. The quantitative estimate of drug-likeness (QED) is 0.387. The van der Waals surface area contributed by atoms with E-state index in [4.69, 9.17) is 11.5 Å². The van der Waals surface area contributed by atoms with Crippen molar-refractivity contribution in [2.75, 3.05) is 5.73 Å². The Morgan fingerprint density at radius 3 is 2.38 bits per heavy atom. The summed E-state index contributed by atoms with van der Waals surface area (Å²) in [6.45, 7) is 1.59. The van der Waals surface area contributed by atoms with Gasteiger partial charge in [0.25, 0.3) is 0 Å². The molecule has 4 N–H and O–H groups in total. The van der Waals surface area contributed by atoms with Gasteiger partial charge in [-0.25, -0.2) is 9.13 Å². The van der Waals surface area contributed by atoms with E-state index in [9.17, 15) is 4.79 Å². The Morgan fingerprint density at radius 2 is 1.65 bits per heavy atom. The van der Waals surface area contributed by atoms with Crippen molar-refractivity contribution in [3.63, 3.8) is 0 Å². The van der Waals surface area contributed by atoms with Crippen LogP contribution in [0.3, 0.4) is 0 Å². The second kappa shape index (κ2) is 9.38. The van der Waals surface area contributed by atoms with Gasteiger partial charge < -0.3 is 22.7 Å². The van der Waals surface area contributed by atoms with Gasteiger partial charge in [-0.05, 0) is 37.0 Å². The van der Waals surface area contributed by atoms with Crippen LogP contribution < -0.4 is 33.0 Å². The summed E-state index contributed by atoms with van der Waals surface area (Å²) in [6, 6.07) is 18.6. The van der Waals surface area contributed by atoms with Gasteiger partial charge in [0.2, 0.25) is 5.91 Å². The lowest BCUT2D eigenvalue weighted by Crippen LogP contribution is -3.00. The fourth-order valence-electron chi connectivity index (χ4n) is 3.23. The number of rotatable bonds is 8. The van der Waals surface area contributed by atoms with Gasteiger partial charge in [-0.3, -0.25) is 10.5 Å². The lowest BCUT2D eigenvalue weighted by atomic mass is 10.2. The van der Waals surface area contributed by atoms with Crippen molar-refractivity contribution >= 4 is 22.9 Å². The molecule has 3 rings (SSSR count). The highest BCUT2D eigenvalue weighted by molar-refractivity contribution is 5.74. The number of nitrogens with two attached hydrogens (primary N) is 2. The molecule has 0 saturated heterocycles. The summed E-state index contributed by atoms with van der Waals surface area (Å²) >= 11 is 0. The zero-order chi connectivity index (χ0) is 17.6. The summed E-state index contributed by atoms with van der Waals surface area (Å²) in [4.78, 5) is 10.8. The number of halogens is 1. The molecule has 0 saturated carbocycles. The first-order valence-electron chi connectivity index (χ1n) is 8.75. The average molecular weight is 417 g/mol. The fourth-order valence-corrected chi connectivity index (χ4v) is 3.23. The van der Waals surface area contributed by atoms with E-state index in [0.29, 0.717) is 6.42 Å². The minimum atomic E-state index is -0.230. The third-order valence-corrected chi connectivity index (χ3v) is 4.50. The number of nitrogens with zero attached hydrogens (tertiary/aromatic N) is 2. The van der Waals surface area contributed by atoms with E-state index < -0.39 is 0 Å². The molecule has 0 unspecified atom stereocenters. The predicted molar refractivity (Wildman–Crippen MR) is 99.8 cm³/mol. The summed E-state index contributed by atoms with van der Waals surface area (Å²) in [5.41, 5.74) is 15.2. The maximum atomic E-state index is 10.8. The van der Waals surface area contributed by atoms with Crippen LogP contribution in [0.1, 0.15) is 31.2 Å². The second-order valence-electron chi connectivity index (χ2n) is 6.35. The molecule has 2 aromatic carbocycles. The number of hydrogen-bond acceptors (Lipinski definition) is 2. The van der Waals surface area contributed by atoms with Crippen molar-refractivity contribution in [2.24, 2.45) is 5.73 Å². The molecule has 0 aliphatic heterocycles. The molecule has 6 heteroatoms. The molecule has 0 aliphatic carbocycles. The van der Waals surface area contributed by atoms with Crippen molar-refractivity contribution in [2.45, 2.75) is 38.8 Å². The summed E-state index contributed by atoms with van der Waals surface area (Å²) in [5.74, 6) is 0.534. The van der Waals surface area contributed by atoms with Gasteiger partial charge in [0, 0.05) is 6.42 Å². The van der Waals surface area contributed by atoms with Gasteiger partial charge in [0.15, 0.2) is 0 Å². The monoisotopic (exact) mass is 416 g/mol. The van der Waals surface area contributed by atoms with Crippen LogP contribution >= 0.6 is 0 Å². The Labute approximate surface area is 164 Å². The maximum absolute atomic E-state index is 10.8. The van der Waals surface area contributed by atoms with Crippen LogP contribution in [0, 0.1) is 0 Å². The summed E-state index contributed by atoms with van der Waals surface area (Å²) < 4.78 is 4.33. The standard InChI is InChI=1S/C20H24N4O.BrH/c21-19(25)13-5-2-8-14-23-17-11-6-7-12-18(17)24(20(23)22)15-16-9-3-1-4-10-16;/h1,3-4,6-7,9-12,22H,2,5,8,13-15H2,(H2,21,25);1H. The first-order valence-corrected chi connectivity index (χ1v) is 8.75. The largest absolute Gasteiger partial charge is 1.00 e. The number of para-hydroxylation sites is 2. The number of amides is 1. The molecule has 0 spiro atoms. The number of aromatic nitrogens is 2. The first-order chi connectivity index (χ1) is 12.2. The molecule has 0 aliphatic rings. The number of aryl methyl sites for hydroxylation is 1. The number of unbranched alkanes of at least 4 members (excludes halogenated alkanes) is 2. The van der Waals surface area contributed by atoms with Gasteiger partial charge in [-0.2, -0.15) is 0 Å². The number of nitrogen functional groups attached to an aromatic ring is 1. The molecule has 1 aromatic heterocycles. The third-order valence-electron chi connectivity index (χ3n) is 4.50. The number of benzene rings is 2. The number of carbonyl (C=O) groups excluding carboxylic acids is 1. The molecule has 0 atom stereocenters. The van der Waals surface area contributed by atoms with Crippen LogP contribution in [-0.2, 0) is 17.9 Å². The van der Waals surface area contributed by atoms with Crippen LogP contribution in [0.15, 0.2) is 54.6 Å². The second-order valence-corrected chi connectivity index (χ2v) is 6.35. The van der Waals surface area contributed by atoms with Crippen LogP contribution in [0.4, 0.5) is 5.95 Å². The van der Waals surface area contributed by atoms with Gasteiger partial charge in [0.1, 0.15) is 11.0 Å². The Kier molecular flexibility index (Phi) is 7.21. The Morgan fingerprint density at radius 1 is 0.962 bits per heavy atom. The minimum absolute atomic E-state index is 0. The van der Waals surface area contributed by atoms with Crippen molar-refractivity contribution in [1.29, 1.82) is 0 Å². The number of hydrogen-bond donors (Lipinski definition) is 2. The number of carbonyl (C=O) groups is 1. The zero-order valence-corrected chi connectivity index (χ0v) is 16.4. The van der Waals surface area contributed by atoms with Gasteiger partial charge >= 0.3 is 5.95 Å². The first kappa shape index (κ1) is 20.0. The molecule has 0 bridgehead atoms. The smallest absolute Gasteiger partial charge is 0.356 e. The SMILES string of the molecule is NC(=O)CCCCCn1c(N)[n+](Cc2ccccc2)c2ccccc21.[Br-]. The topological polar surface area (TPSA) is 77.9 Å². The van der Waals surface area contributed by atoms with E-state index in [1.807, 2.05) is 30.3 Å². The fraction of sp³-hybridized carbons (Fsp3) is 0.300. The molecule has 26 heavy (non-hydrogen) atoms. The highest BCUT2D eigenvalue weighted by Crippen LogP contribution is 2.18. The minimum Gasteiger partial charge on any atom is -1.00 e. The van der Waals surface area contributed by atoms with Crippen molar-refractivity contribution in [3.05, 3.63) is 60.2 Å². The maximum Gasteiger partial charge on any atom is 0.356 e. The zero-order valence-electron chi connectivity index (χ0n) is 14.8. The number of imidazole rings is 1. The molecule has 0 fully saturated rings. The summed E-state index contributed by atoms with van der Waals surface area (Å²) in [6.07, 6.45) is 3.23. The molecule has 138 valence electrons. The lowest BCUT2D eigenvalue weighted by molar-refractivity contribution is -0.648. The van der Waals surface area contributed by atoms with E-state index in [1.165, 1.54) is 5.56 Å². The van der Waals surface area contributed by atoms with Crippen molar-refractivity contribution in [1.82, 2.24) is 4.57 Å². The Bertz CT molecular complexity index is 861. The average Bonchev–Trinajstić information content (AvgIpc) is 2.88. The molecule has 5 nitrogen and oxygen atoms in total. The number of anilines is 1. The van der Waals surface area contributed by atoms with E-state index in [2.05, 4.69) is 33.4 Å². The molecule has 0 radical (unpaired) electrons. The molecule has 1 heterocycles. The molecule has 1 amide bonds. The van der Waals surface area contributed by atoms with Gasteiger partial charge in [-0.15, -0.1) is 0 Å². The van der Waals surface area contributed by atoms with Crippen LogP contribution in [0.25, 0.3) is 11.0 Å². The van der Waals surface area contributed by atoms with Crippen LogP contribution in [0.2, 0.25) is 0 Å². The van der Waals surface area contributed by atoms with Crippen LogP contribution in [0.5, 0.6) is 0 Å². The van der Waals surface area contributed by atoms with Crippen LogP contribution in [-0.4, -0.2) is 10.5 Å². The molecule has 3 aromatic rings. The number of primary amides is 1. The van der Waals surface area contributed by atoms with Gasteiger partial charge in [-0.1, -0.05) is 42.5 Å². The molecular formula is C20H25BrN4O. The Hall–Kier alpha value is -2.34. The van der Waals surface area contributed by atoms with E-state index in [0.717, 1.165) is 49.3 Å². The molecular weight excluding hydrogens is 392 g/mol. The number of fused-ring (bicyclic) bond motifs is 1. The van der Waals surface area contributed by atoms with Gasteiger partial charge in [0.05, 0.1) is 13.1 Å². The third kappa shape index (κ3) is 4.64. The summed E-state index contributed by atoms with van der Waals surface area (Å²) in [5, 5.41) is 0. The van der Waals surface area contributed by atoms with E-state index >= 15 is 0 Å². The summed E-state index contributed by atoms with van der Waals surface area (Å²) in [7, 11) is 0. The van der Waals surface area contributed by atoms with Crippen molar-refractivity contribution in [3.8, 4) is 0 Å².